The molecule has 2 rings (SSSR count). The maximum atomic E-state index is 11.0. The first-order valence-electron chi connectivity index (χ1n) is 5.77. The van der Waals surface area contributed by atoms with Crippen molar-refractivity contribution in [3.05, 3.63) is 47.4 Å². The standard InChI is InChI=1S/C14H14N2O3/c1-10-11(4-3-5-15-10)9-19-13-7-16-14(18-2)6-12(13)8-17/h3-8H,9H2,1-2H3. The molecule has 2 aromatic heterocycles. The molecule has 19 heavy (non-hydrogen) atoms. The molecule has 0 saturated carbocycles. The fourth-order valence-electron chi connectivity index (χ4n) is 1.59. The Morgan fingerprint density at radius 3 is 2.89 bits per heavy atom. The molecule has 0 fully saturated rings. The van der Waals surface area contributed by atoms with Crippen molar-refractivity contribution >= 4 is 6.29 Å². The number of aldehydes is 1. The van der Waals surface area contributed by atoms with Crippen molar-refractivity contribution in [3.63, 3.8) is 0 Å². The molecule has 0 saturated heterocycles. The Morgan fingerprint density at radius 1 is 1.37 bits per heavy atom. The number of hydrogen-bond acceptors (Lipinski definition) is 5. The van der Waals surface area contributed by atoms with Gasteiger partial charge in [0.2, 0.25) is 5.88 Å². The molecule has 2 heterocycles. The zero-order chi connectivity index (χ0) is 13.7. The average Bonchev–Trinajstić information content (AvgIpc) is 2.46. The van der Waals surface area contributed by atoms with Crippen LogP contribution in [-0.2, 0) is 6.61 Å². The van der Waals surface area contributed by atoms with Gasteiger partial charge in [0.25, 0.3) is 0 Å². The summed E-state index contributed by atoms with van der Waals surface area (Å²) in [4.78, 5) is 19.2. The molecule has 98 valence electrons. The SMILES string of the molecule is COc1cc(C=O)c(OCc2cccnc2C)cn1. The summed E-state index contributed by atoms with van der Waals surface area (Å²) in [6, 6.07) is 5.32. The molecule has 0 atom stereocenters. The Hall–Kier alpha value is -2.43. The lowest BCUT2D eigenvalue weighted by atomic mass is 10.2. The van der Waals surface area contributed by atoms with E-state index < -0.39 is 0 Å². The molecule has 0 bridgehead atoms. The third-order valence-electron chi connectivity index (χ3n) is 2.71. The van der Waals surface area contributed by atoms with Crippen molar-refractivity contribution < 1.29 is 14.3 Å². The van der Waals surface area contributed by atoms with Crippen LogP contribution in [0, 0.1) is 6.92 Å². The first-order chi connectivity index (χ1) is 9.24. The van der Waals surface area contributed by atoms with E-state index in [-0.39, 0.29) is 0 Å². The Bertz CT molecular complexity index is 585. The summed E-state index contributed by atoms with van der Waals surface area (Å²) in [5.41, 5.74) is 2.28. The fourth-order valence-corrected chi connectivity index (χ4v) is 1.59. The number of aryl methyl sites for hydroxylation is 1. The lowest BCUT2D eigenvalue weighted by molar-refractivity contribution is 0.111. The Morgan fingerprint density at radius 2 is 2.21 bits per heavy atom. The minimum Gasteiger partial charge on any atom is -0.486 e. The van der Waals surface area contributed by atoms with Crippen molar-refractivity contribution in [2.45, 2.75) is 13.5 Å². The number of pyridine rings is 2. The summed E-state index contributed by atoms with van der Waals surface area (Å²) in [5, 5.41) is 0. The normalized spacial score (nSPS) is 10.0. The van der Waals surface area contributed by atoms with Gasteiger partial charge in [-0.15, -0.1) is 0 Å². The quantitative estimate of drug-likeness (QED) is 0.769. The number of hydrogen-bond donors (Lipinski definition) is 0. The third kappa shape index (κ3) is 3.07. The molecular formula is C14H14N2O3. The van der Waals surface area contributed by atoms with E-state index in [1.54, 1.807) is 12.3 Å². The highest BCUT2D eigenvalue weighted by Crippen LogP contribution is 2.21. The van der Waals surface area contributed by atoms with Gasteiger partial charge in [-0.1, -0.05) is 6.07 Å². The van der Waals surface area contributed by atoms with Crippen LogP contribution in [-0.4, -0.2) is 23.4 Å². The van der Waals surface area contributed by atoms with Crippen molar-refractivity contribution in [1.29, 1.82) is 0 Å². The van der Waals surface area contributed by atoms with E-state index in [2.05, 4.69) is 9.97 Å². The highest BCUT2D eigenvalue weighted by Gasteiger charge is 2.07. The van der Waals surface area contributed by atoms with Crippen LogP contribution in [0.1, 0.15) is 21.6 Å². The molecule has 0 radical (unpaired) electrons. The highest BCUT2D eigenvalue weighted by atomic mass is 16.5. The first-order valence-corrected chi connectivity index (χ1v) is 5.77. The minimum atomic E-state index is 0.342. The van der Waals surface area contributed by atoms with Crippen LogP contribution in [0.3, 0.4) is 0 Å². The van der Waals surface area contributed by atoms with Crippen LogP contribution >= 0.6 is 0 Å². The molecule has 0 amide bonds. The number of nitrogens with zero attached hydrogens (tertiary/aromatic N) is 2. The van der Waals surface area contributed by atoms with Gasteiger partial charge in [-0.25, -0.2) is 4.98 Å². The summed E-state index contributed by atoms with van der Waals surface area (Å²) >= 11 is 0. The summed E-state index contributed by atoms with van der Waals surface area (Å²) in [6.07, 6.45) is 3.93. The van der Waals surface area contributed by atoms with Crippen LogP contribution in [0.5, 0.6) is 11.6 Å². The average molecular weight is 258 g/mol. The highest BCUT2D eigenvalue weighted by molar-refractivity contribution is 5.79. The molecule has 0 aliphatic carbocycles. The van der Waals surface area contributed by atoms with E-state index in [1.165, 1.54) is 13.3 Å². The van der Waals surface area contributed by atoms with Gasteiger partial charge in [-0.3, -0.25) is 9.78 Å². The minimum absolute atomic E-state index is 0.342. The van der Waals surface area contributed by atoms with Crippen LogP contribution < -0.4 is 9.47 Å². The molecule has 0 N–H and O–H groups in total. The molecule has 0 aliphatic heterocycles. The number of carbonyl (C=O) groups excluding carboxylic acids is 1. The summed E-state index contributed by atoms with van der Waals surface area (Å²) < 4.78 is 10.6. The second-order valence-corrected chi connectivity index (χ2v) is 3.92. The molecule has 0 spiro atoms. The Labute approximate surface area is 111 Å². The van der Waals surface area contributed by atoms with Crippen molar-refractivity contribution in [2.24, 2.45) is 0 Å². The van der Waals surface area contributed by atoms with E-state index in [1.807, 2.05) is 19.1 Å². The van der Waals surface area contributed by atoms with E-state index in [0.29, 0.717) is 23.8 Å². The lowest BCUT2D eigenvalue weighted by Gasteiger charge is -2.10. The van der Waals surface area contributed by atoms with Crippen LogP contribution in [0.4, 0.5) is 0 Å². The zero-order valence-electron chi connectivity index (χ0n) is 10.8. The van der Waals surface area contributed by atoms with Gasteiger partial charge in [0.1, 0.15) is 12.4 Å². The van der Waals surface area contributed by atoms with Crippen LogP contribution in [0.25, 0.3) is 0 Å². The molecule has 5 heteroatoms. The first kappa shape index (κ1) is 13.0. The van der Waals surface area contributed by atoms with Crippen molar-refractivity contribution in [1.82, 2.24) is 9.97 Å². The van der Waals surface area contributed by atoms with E-state index in [4.69, 9.17) is 9.47 Å². The van der Waals surface area contributed by atoms with Crippen LogP contribution in [0.15, 0.2) is 30.6 Å². The van der Waals surface area contributed by atoms with Crippen molar-refractivity contribution in [3.8, 4) is 11.6 Å². The molecule has 2 aromatic rings. The lowest BCUT2D eigenvalue weighted by Crippen LogP contribution is -2.02. The molecular weight excluding hydrogens is 244 g/mol. The van der Waals surface area contributed by atoms with E-state index >= 15 is 0 Å². The predicted octanol–water partition coefficient (Wildman–Crippen LogP) is 2.19. The Kier molecular flexibility index (Phi) is 4.07. The summed E-state index contributed by atoms with van der Waals surface area (Å²) in [7, 11) is 1.50. The number of rotatable bonds is 5. The second kappa shape index (κ2) is 5.95. The largest absolute Gasteiger partial charge is 0.486 e. The monoisotopic (exact) mass is 258 g/mol. The van der Waals surface area contributed by atoms with E-state index in [9.17, 15) is 4.79 Å². The van der Waals surface area contributed by atoms with Gasteiger partial charge < -0.3 is 9.47 Å². The topological polar surface area (TPSA) is 61.3 Å². The zero-order valence-corrected chi connectivity index (χ0v) is 10.8. The number of aromatic nitrogens is 2. The molecule has 0 aromatic carbocycles. The Balaban J connectivity index is 2.15. The predicted molar refractivity (Wildman–Crippen MR) is 69.5 cm³/mol. The maximum absolute atomic E-state index is 11.0. The van der Waals surface area contributed by atoms with E-state index in [0.717, 1.165) is 17.5 Å². The van der Waals surface area contributed by atoms with Gasteiger partial charge in [-0.2, -0.15) is 0 Å². The number of carbonyl (C=O) groups is 1. The fraction of sp³-hybridized carbons (Fsp3) is 0.214. The summed E-state index contributed by atoms with van der Waals surface area (Å²) in [6.45, 7) is 2.25. The molecule has 0 unspecified atom stereocenters. The second-order valence-electron chi connectivity index (χ2n) is 3.92. The van der Waals surface area contributed by atoms with Gasteiger partial charge in [0, 0.05) is 23.5 Å². The summed E-state index contributed by atoms with van der Waals surface area (Å²) in [5.74, 6) is 0.811. The molecule has 0 aliphatic rings. The smallest absolute Gasteiger partial charge is 0.213 e. The van der Waals surface area contributed by atoms with Crippen LogP contribution in [0.2, 0.25) is 0 Å². The molecule has 5 nitrogen and oxygen atoms in total. The number of ether oxygens (including phenoxy) is 2. The maximum Gasteiger partial charge on any atom is 0.213 e. The van der Waals surface area contributed by atoms with Gasteiger partial charge in [0.15, 0.2) is 6.29 Å². The number of methoxy groups -OCH3 is 1. The third-order valence-corrected chi connectivity index (χ3v) is 2.71. The van der Waals surface area contributed by atoms with Crippen molar-refractivity contribution in [2.75, 3.05) is 7.11 Å². The van der Waals surface area contributed by atoms with Gasteiger partial charge >= 0.3 is 0 Å². The van der Waals surface area contributed by atoms with Gasteiger partial charge in [0.05, 0.1) is 18.9 Å². The van der Waals surface area contributed by atoms with Gasteiger partial charge in [-0.05, 0) is 13.0 Å².